The third kappa shape index (κ3) is 1.86. The second-order valence-corrected chi connectivity index (χ2v) is 5.96. The standard InChI is InChI=1S/C12H21N3O/c1-11(2,3)9-6-4-5-7-12(9,13)10-14-8-16-15-10/h8-9H,4-7,13H2,1-3H3. The van der Waals surface area contributed by atoms with Crippen molar-refractivity contribution in [2.24, 2.45) is 17.1 Å². The van der Waals surface area contributed by atoms with Gasteiger partial charge < -0.3 is 10.3 Å². The molecule has 2 unspecified atom stereocenters. The first-order valence-electron chi connectivity index (χ1n) is 6.00. The second-order valence-electron chi connectivity index (χ2n) is 5.96. The van der Waals surface area contributed by atoms with Crippen LogP contribution in [0.15, 0.2) is 10.9 Å². The maximum atomic E-state index is 6.57. The van der Waals surface area contributed by atoms with Crippen LogP contribution < -0.4 is 5.73 Å². The van der Waals surface area contributed by atoms with Crippen molar-refractivity contribution >= 4 is 0 Å². The van der Waals surface area contributed by atoms with Gasteiger partial charge in [0.2, 0.25) is 6.39 Å². The molecule has 1 saturated carbocycles. The van der Waals surface area contributed by atoms with Crippen LogP contribution in [0.25, 0.3) is 0 Å². The molecule has 0 aliphatic heterocycles. The highest BCUT2D eigenvalue weighted by atomic mass is 16.5. The molecule has 0 spiro atoms. The van der Waals surface area contributed by atoms with Gasteiger partial charge in [-0.2, -0.15) is 4.98 Å². The minimum absolute atomic E-state index is 0.176. The van der Waals surface area contributed by atoms with E-state index in [4.69, 9.17) is 10.3 Å². The Morgan fingerprint density at radius 2 is 2.19 bits per heavy atom. The normalized spacial score (nSPS) is 31.6. The fourth-order valence-corrected chi connectivity index (χ4v) is 3.05. The fraction of sp³-hybridized carbons (Fsp3) is 0.833. The van der Waals surface area contributed by atoms with E-state index in [1.807, 2.05) is 0 Å². The monoisotopic (exact) mass is 223 g/mol. The molecule has 1 aliphatic rings. The Labute approximate surface area is 96.6 Å². The van der Waals surface area contributed by atoms with Crippen LogP contribution in [0.2, 0.25) is 0 Å². The van der Waals surface area contributed by atoms with Crippen molar-refractivity contribution in [2.75, 3.05) is 0 Å². The highest BCUT2D eigenvalue weighted by Gasteiger charge is 2.47. The van der Waals surface area contributed by atoms with Gasteiger partial charge in [0.25, 0.3) is 0 Å². The maximum Gasteiger partial charge on any atom is 0.213 e. The number of hydrogen-bond acceptors (Lipinski definition) is 4. The Bertz CT molecular complexity index is 342. The maximum absolute atomic E-state index is 6.57. The molecule has 1 fully saturated rings. The van der Waals surface area contributed by atoms with Gasteiger partial charge in [-0.15, -0.1) is 0 Å². The van der Waals surface area contributed by atoms with Gasteiger partial charge in [0.15, 0.2) is 5.82 Å². The molecular weight excluding hydrogens is 202 g/mol. The lowest BCUT2D eigenvalue weighted by atomic mass is 9.62. The first kappa shape index (κ1) is 11.6. The number of rotatable bonds is 1. The summed E-state index contributed by atoms with van der Waals surface area (Å²) in [5, 5.41) is 3.96. The van der Waals surface area contributed by atoms with Crippen LogP contribution in [0.5, 0.6) is 0 Å². The van der Waals surface area contributed by atoms with Gasteiger partial charge in [-0.1, -0.05) is 38.8 Å². The van der Waals surface area contributed by atoms with Crippen molar-refractivity contribution in [3.63, 3.8) is 0 Å². The minimum atomic E-state index is -0.413. The van der Waals surface area contributed by atoms with Crippen LogP contribution in [0, 0.1) is 11.3 Å². The Kier molecular flexibility index (Phi) is 2.78. The van der Waals surface area contributed by atoms with Gasteiger partial charge in [0.05, 0.1) is 5.54 Å². The third-order valence-corrected chi connectivity index (χ3v) is 3.78. The van der Waals surface area contributed by atoms with E-state index in [9.17, 15) is 0 Å². The molecule has 0 bridgehead atoms. The molecule has 1 aromatic rings. The molecule has 90 valence electrons. The van der Waals surface area contributed by atoms with Gasteiger partial charge in [-0.3, -0.25) is 0 Å². The molecule has 0 saturated heterocycles. The highest BCUT2D eigenvalue weighted by molar-refractivity contribution is 5.09. The van der Waals surface area contributed by atoms with Gasteiger partial charge in [0, 0.05) is 0 Å². The van der Waals surface area contributed by atoms with E-state index in [2.05, 4.69) is 30.9 Å². The highest BCUT2D eigenvalue weighted by Crippen LogP contribution is 2.47. The van der Waals surface area contributed by atoms with E-state index < -0.39 is 5.54 Å². The van der Waals surface area contributed by atoms with Crippen LogP contribution >= 0.6 is 0 Å². The summed E-state index contributed by atoms with van der Waals surface area (Å²) in [7, 11) is 0. The van der Waals surface area contributed by atoms with Gasteiger partial charge in [-0.05, 0) is 24.2 Å². The van der Waals surface area contributed by atoms with Crippen molar-refractivity contribution < 1.29 is 4.52 Å². The zero-order valence-corrected chi connectivity index (χ0v) is 10.4. The molecule has 16 heavy (non-hydrogen) atoms. The number of nitrogens with two attached hydrogens (primary N) is 1. The van der Waals surface area contributed by atoms with Crippen LogP contribution in [0.3, 0.4) is 0 Å². The molecule has 1 aromatic heterocycles. The molecule has 2 N–H and O–H groups in total. The Hall–Kier alpha value is -0.900. The van der Waals surface area contributed by atoms with Crippen LogP contribution in [0.1, 0.15) is 52.3 Å². The molecule has 0 amide bonds. The van der Waals surface area contributed by atoms with Crippen LogP contribution in [0.4, 0.5) is 0 Å². The molecule has 1 aliphatic carbocycles. The fourth-order valence-electron chi connectivity index (χ4n) is 3.05. The van der Waals surface area contributed by atoms with E-state index in [0.717, 1.165) is 19.3 Å². The summed E-state index contributed by atoms with van der Waals surface area (Å²) in [6, 6.07) is 0. The SMILES string of the molecule is CC(C)(C)C1CCCCC1(N)c1ncon1. The van der Waals surface area contributed by atoms with Crippen molar-refractivity contribution in [1.29, 1.82) is 0 Å². The van der Waals surface area contributed by atoms with Gasteiger partial charge in [-0.25, -0.2) is 0 Å². The van der Waals surface area contributed by atoms with E-state index in [-0.39, 0.29) is 5.41 Å². The lowest BCUT2D eigenvalue weighted by Gasteiger charge is -2.46. The molecule has 0 aromatic carbocycles. The van der Waals surface area contributed by atoms with Gasteiger partial charge >= 0.3 is 0 Å². The minimum Gasteiger partial charge on any atom is -0.343 e. The summed E-state index contributed by atoms with van der Waals surface area (Å²) in [6.07, 6.45) is 5.87. The summed E-state index contributed by atoms with van der Waals surface area (Å²) in [6.45, 7) is 6.72. The summed E-state index contributed by atoms with van der Waals surface area (Å²) in [4.78, 5) is 4.17. The first-order valence-corrected chi connectivity index (χ1v) is 6.00. The average Bonchev–Trinajstić information content (AvgIpc) is 2.69. The predicted molar refractivity (Wildman–Crippen MR) is 61.6 cm³/mol. The molecular formula is C12H21N3O. The molecule has 0 radical (unpaired) electrons. The zero-order valence-electron chi connectivity index (χ0n) is 10.4. The molecule has 1 heterocycles. The van der Waals surface area contributed by atoms with Crippen molar-refractivity contribution in [1.82, 2.24) is 10.1 Å². The van der Waals surface area contributed by atoms with E-state index in [0.29, 0.717) is 11.7 Å². The van der Waals surface area contributed by atoms with Crippen molar-refractivity contribution in [3.8, 4) is 0 Å². The number of aromatic nitrogens is 2. The van der Waals surface area contributed by atoms with Crippen LogP contribution in [-0.2, 0) is 5.54 Å². The van der Waals surface area contributed by atoms with Gasteiger partial charge in [0.1, 0.15) is 0 Å². The predicted octanol–water partition coefficient (Wildman–Crippen LogP) is 2.46. The quantitative estimate of drug-likeness (QED) is 0.794. The zero-order chi connectivity index (χ0) is 11.8. The molecule has 2 atom stereocenters. The largest absolute Gasteiger partial charge is 0.343 e. The van der Waals surface area contributed by atoms with Crippen molar-refractivity contribution in [3.05, 3.63) is 12.2 Å². The smallest absolute Gasteiger partial charge is 0.213 e. The average molecular weight is 223 g/mol. The third-order valence-electron chi connectivity index (χ3n) is 3.78. The lowest BCUT2D eigenvalue weighted by Crippen LogP contribution is -2.51. The summed E-state index contributed by atoms with van der Waals surface area (Å²) < 4.78 is 4.85. The Morgan fingerprint density at radius 1 is 1.44 bits per heavy atom. The van der Waals surface area contributed by atoms with Crippen LogP contribution in [-0.4, -0.2) is 10.1 Å². The number of nitrogens with zero attached hydrogens (tertiary/aromatic N) is 2. The molecule has 4 nitrogen and oxygen atoms in total. The molecule has 4 heteroatoms. The lowest BCUT2D eigenvalue weighted by molar-refractivity contribution is 0.0698. The van der Waals surface area contributed by atoms with Crippen molar-refractivity contribution in [2.45, 2.75) is 52.0 Å². The van der Waals surface area contributed by atoms with E-state index in [1.165, 1.54) is 12.8 Å². The van der Waals surface area contributed by atoms with E-state index in [1.54, 1.807) is 0 Å². The summed E-state index contributed by atoms with van der Waals surface area (Å²) in [5.41, 5.74) is 6.33. The first-order chi connectivity index (χ1) is 7.44. The van der Waals surface area contributed by atoms with E-state index >= 15 is 0 Å². The second kappa shape index (κ2) is 3.84. The number of hydrogen-bond donors (Lipinski definition) is 1. The Morgan fingerprint density at radius 3 is 2.75 bits per heavy atom. The summed E-state index contributed by atoms with van der Waals surface area (Å²) >= 11 is 0. The topological polar surface area (TPSA) is 64.9 Å². The summed E-state index contributed by atoms with van der Waals surface area (Å²) in [5.74, 6) is 1.08. The molecule has 2 rings (SSSR count). The Balaban J connectivity index is 2.35.